The first-order valence-electron chi connectivity index (χ1n) is 7.35. The smallest absolute Gasteiger partial charge is 0.277 e. The highest BCUT2D eigenvalue weighted by molar-refractivity contribution is 6.30. The Morgan fingerprint density at radius 3 is 2.61 bits per heavy atom. The number of hydrazone groups is 1. The number of rotatable bonds is 6. The van der Waals surface area contributed by atoms with E-state index in [2.05, 4.69) is 24.4 Å². The number of hydrogen-bond acceptors (Lipinski definition) is 3. The Morgan fingerprint density at radius 2 is 1.91 bits per heavy atom. The molecule has 4 nitrogen and oxygen atoms in total. The fraction of sp³-hybridized carbons (Fsp3) is 0.222. The summed E-state index contributed by atoms with van der Waals surface area (Å²) in [4.78, 5) is 11.8. The summed E-state index contributed by atoms with van der Waals surface area (Å²) in [5.41, 5.74) is 4.36. The zero-order valence-corrected chi connectivity index (χ0v) is 13.9. The molecule has 120 valence electrons. The maximum atomic E-state index is 11.8. The van der Waals surface area contributed by atoms with Crippen LogP contribution in [-0.4, -0.2) is 18.7 Å². The highest BCUT2D eigenvalue weighted by Gasteiger charge is 2.08. The Labute approximate surface area is 141 Å². The summed E-state index contributed by atoms with van der Waals surface area (Å²) in [6.45, 7) is 4.08. The minimum absolute atomic E-state index is 0.0817. The molecule has 2 aromatic rings. The lowest BCUT2D eigenvalue weighted by Gasteiger charge is -2.12. The van der Waals surface area contributed by atoms with Gasteiger partial charge in [-0.1, -0.05) is 55.8 Å². The van der Waals surface area contributed by atoms with Crippen LogP contribution in [0, 0.1) is 0 Å². The molecule has 0 aliphatic rings. The second kappa shape index (κ2) is 8.34. The normalized spacial score (nSPS) is 11.0. The maximum absolute atomic E-state index is 11.8. The summed E-state index contributed by atoms with van der Waals surface area (Å²) in [5, 5.41) is 4.55. The van der Waals surface area contributed by atoms with Gasteiger partial charge in [-0.05, 0) is 35.2 Å². The minimum atomic E-state index is -0.311. The molecule has 0 aliphatic heterocycles. The molecule has 2 aromatic carbocycles. The molecule has 1 N–H and O–H groups in total. The highest BCUT2D eigenvalue weighted by Crippen LogP contribution is 2.25. The van der Waals surface area contributed by atoms with Gasteiger partial charge in [0.1, 0.15) is 5.75 Å². The second-order valence-corrected chi connectivity index (χ2v) is 5.76. The molecule has 0 saturated heterocycles. The molecule has 5 heteroatoms. The van der Waals surface area contributed by atoms with E-state index in [1.54, 1.807) is 18.3 Å². The van der Waals surface area contributed by atoms with Crippen LogP contribution in [0.2, 0.25) is 5.02 Å². The van der Waals surface area contributed by atoms with Crippen LogP contribution >= 0.6 is 11.6 Å². The Hall–Kier alpha value is -2.33. The molecule has 23 heavy (non-hydrogen) atoms. The van der Waals surface area contributed by atoms with Gasteiger partial charge in [-0.25, -0.2) is 5.43 Å². The van der Waals surface area contributed by atoms with Gasteiger partial charge in [-0.3, -0.25) is 4.79 Å². The lowest BCUT2D eigenvalue weighted by molar-refractivity contribution is -0.123. The Bertz CT molecular complexity index is 682. The number of para-hydroxylation sites is 1. The molecule has 0 radical (unpaired) electrons. The van der Waals surface area contributed by atoms with Gasteiger partial charge < -0.3 is 4.74 Å². The van der Waals surface area contributed by atoms with Crippen molar-refractivity contribution in [3.63, 3.8) is 0 Å². The van der Waals surface area contributed by atoms with Crippen molar-refractivity contribution in [2.75, 3.05) is 6.61 Å². The number of carbonyl (C=O) groups is 1. The summed E-state index contributed by atoms with van der Waals surface area (Å²) in [6.07, 6.45) is 1.55. The van der Waals surface area contributed by atoms with E-state index in [-0.39, 0.29) is 12.5 Å². The van der Waals surface area contributed by atoms with E-state index < -0.39 is 0 Å². The van der Waals surface area contributed by atoms with Crippen LogP contribution in [0.4, 0.5) is 0 Å². The first kappa shape index (κ1) is 17.0. The van der Waals surface area contributed by atoms with E-state index in [0.717, 1.165) is 16.9 Å². The topological polar surface area (TPSA) is 50.7 Å². The average molecular weight is 331 g/mol. The van der Waals surface area contributed by atoms with Gasteiger partial charge in [-0.15, -0.1) is 0 Å². The third kappa shape index (κ3) is 5.42. The number of ether oxygens (including phenoxy) is 1. The molecule has 0 bridgehead atoms. The van der Waals surface area contributed by atoms with Gasteiger partial charge in [0.15, 0.2) is 6.61 Å². The first-order valence-corrected chi connectivity index (χ1v) is 7.73. The van der Waals surface area contributed by atoms with E-state index in [0.29, 0.717) is 10.9 Å². The summed E-state index contributed by atoms with van der Waals surface area (Å²) < 4.78 is 5.58. The van der Waals surface area contributed by atoms with E-state index in [9.17, 15) is 4.79 Å². The van der Waals surface area contributed by atoms with E-state index in [1.165, 1.54) is 0 Å². The van der Waals surface area contributed by atoms with E-state index in [4.69, 9.17) is 16.3 Å². The molecule has 0 saturated carbocycles. The summed E-state index contributed by atoms with van der Waals surface area (Å²) in [6, 6.07) is 14.8. The summed E-state index contributed by atoms with van der Waals surface area (Å²) in [7, 11) is 0. The van der Waals surface area contributed by atoms with Crippen molar-refractivity contribution in [2.45, 2.75) is 19.8 Å². The quantitative estimate of drug-likeness (QED) is 0.643. The van der Waals surface area contributed by atoms with Crippen LogP contribution < -0.4 is 10.2 Å². The molecule has 0 fully saturated rings. The standard InChI is InChI=1S/C18H19ClN2O2/c1-13(2)16-5-3-4-6-17(16)23-12-18(22)21-20-11-14-7-9-15(19)10-8-14/h3-11,13H,12H2,1-2H3,(H,21,22)/b20-11+. The number of nitrogens with zero attached hydrogens (tertiary/aromatic N) is 1. The van der Waals surface area contributed by atoms with Crippen LogP contribution in [0.25, 0.3) is 0 Å². The van der Waals surface area contributed by atoms with Crippen LogP contribution in [0.5, 0.6) is 5.75 Å². The van der Waals surface area contributed by atoms with Gasteiger partial charge in [-0.2, -0.15) is 5.10 Å². The van der Waals surface area contributed by atoms with Crippen LogP contribution in [-0.2, 0) is 4.79 Å². The molecule has 0 aromatic heterocycles. The van der Waals surface area contributed by atoms with Crippen molar-refractivity contribution in [3.05, 3.63) is 64.7 Å². The van der Waals surface area contributed by atoms with Gasteiger partial charge in [0.05, 0.1) is 6.21 Å². The molecule has 0 heterocycles. The Morgan fingerprint density at radius 1 is 1.22 bits per heavy atom. The lowest BCUT2D eigenvalue weighted by atomic mass is 10.0. The zero-order chi connectivity index (χ0) is 16.7. The fourth-order valence-corrected chi connectivity index (χ4v) is 2.12. The van der Waals surface area contributed by atoms with Crippen molar-refractivity contribution in [1.29, 1.82) is 0 Å². The maximum Gasteiger partial charge on any atom is 0.277 e. The number of nitrogens with one attached hydrogen (secondary N) is 1. The first-order chi connectivity index (χ1) is 11.1. The summed E-state index contributed by atoms with van der Waals surface area (Å²) >= 11 is 5.80. The van der Waals surface area contributed by atoms with Crippen LogP contribution in [0.15, 0.2) is 53.6 Å². The van der Waals surface area contributed by atoms with Gasteiger partial charge in [0, 0.05) is 5.02 Å². The number of benzene rings is 2. The zero-order valence-electron chi connectivity index (χ0n) is 13.1. The number of amides is 1. The lowest BCUT2D eigenvalue weighted by Crippen LogP contribution is -2.24. The van der Waals surface area contributed by atoms with Crippen LogP contribution in [0.3, 0.4) is 0 Å². The third-order valence-electron chi connectivity index (χ3n) is 3.17. The molecule has 0 aliphatic carbocycles. The van der Waals surface area contributed by atoms with Gasteiger partial charge >= 0.3 is 0 Å². The molecule has 1 amide bonds. The summed E-state index contributed by atoms with van der Waals surface area (Å²) in [5.74, 6) is 0.741. The highest BCUT2D eigenvalue weighted by atomic mass is 35.5. The molecule has 2 rings (SSSR count). The monoisotopic (exact) mass is 330 g/mol. The Kier molecular flexibility index (Phi) is 6.18. The number of hydrogen-bond donors (Lipinski definition) is 1. The third-order valence-corrected chi connectivity index (χ3v) is 3.42. The number of carbonyl (C=O) groups excluding carboxylic acids is 1. The van der Waals surface area contributed by atoms with E-state index >= 15 is 0 Å². The van der Waals surface area contributed by atoms with Gasteiger partial charge in [0.25, 0.3) is 5.91 Å². The minimum Gasteiger partial charge on any atom is -0.483 e. The Balaban J connectivity index is 1.85. The second-order valence-electron chi connectivity index (χ2n) is 5.33. The molecule has 0 unspecified atom stereocenters. The SMILES string of the molecule is CC(C)c1ccccc1OCC(=O)N/N=C/c1ccc(Cl)cc1. The average Bonchev–Trinajstić information content (AvgIpc) is 2.55. The van der Waals surface area contributed by atoms with Crippen molar-refractivity contribution in [3.8, 4) is 5.75 Å². The van der Waals surface area contributed by atoms with Crippen LogP contribution in [0.1, 0.15) is 30.9 Å². The van der Waals surface area contributed by atoms with Crippen molar-refractivity contribution < 1.29 is 9.53 Å². The largest absolute Gasteiger partial charge is 0.483 e. The molecular weight excluding hydrogens is 312 g/mol. The molecule has 0 spiro atoms. The van der Waals surface area contributed by atoms with Crippen molar-refractivity contribution in [1.82, 2.24) is 5.43 Å². The molecule has 0 atom stereocenters. The number of halogens is 1. The van der Waals surface area contributed by atoms with Crippen molar-refractivity contribution >= 4 is 23.7 Å². The fourth-order valence-electron chi connectivity index (χ4n) is 1.99. The van der Waals surface area contributed by atoms with Crippen molar-refractivity contribution in [2.24, 2.45) is 5.10 Å². The van der Waals surface area contributed by atoms with E-state index in [1.807, 2.05) is 36.4 Å². The molecular formula is C18H19ClN2O2. The predicted molar refractivity (Wildman–Crippen MR) is 93.2 cm³/mol. The predicted octanol–water partition coefficient (Wildman–Crippen LogP) is 3.99. The van der Waals surface area contributed by atoms with Gasteiger partial charge in [0.2, 0.25) is 0 Å².